The topological polar surface area (TPSA) is 105 Å². The summed E-state index contributed by atoms with van der Waals surface area (Å²) in [7, 11) is 0. The quantitative estimate of drug-likeness (QED) is 0.706. The van der Waals surface area contributed by atoms with Crippen molar-refractivity contribution in [3.8, 4) is 11.4 Å². The number of carbonyl (C=O) groups excluding carboxylic acids is 1. The number of nitrogens with zero attached hydrogens (tertiary/aromatic N) is 6. The normalized spacial score (nSPS) is 10.5. The second kappa shape index (κ2) is 4.33. The average molecular weight is 255 g/mol. The van der Waals surface area contributed by atoms with Crippen molar-refractivity contribution in [3.05, 3.63) is 48.5 Å². The monoisotopic (exact) mass is 255 g/mol. The molecule has 0 aliphatic carbocycles. The highest BCUT2D eigenvalue weighted by molar-refractivity contribution is 5.97. The van der Waals surface area contributed by atoms with Crippen molar-refractivity contribution in [2.75, 3.05) is 0 Å². The van der Waals surface area contributed by atoms with Gasteiger partial charge < -0.3 is 5.73 Å². The maximum atomic E-state index is 11.6. The molecule has 19 heavy (non-hydrogen) atoms. The first-order valence-electron chi connectivity index (χ1n) is 5.43. The van der Waals surface area contributed by atoms with Crippen LogP contribution in [-0.4, -0.2) is 35.9 Å². The van der Waals surface area contributed by atoms with Crippen molar-refractivity contribution in [2.45, 2.75) is 0 Å². The number of nitrogens with two attached hydrogens (primary N) is 1. The van der Waals surface area contributed by atoms with Crippen LogP contribution >= 0.6 is 0 Å². The summed E-state index contributed by atoms with van der Waals surface area (Å²) in [6, 6.07) is 5.13. The van der Waals surface area contributed by atoms with Gasteiger partial charge in [-0.3, -0.25) is 4.79 Å². The van der Waals surface area contributed by atoms with E-state index < -0.39 is 5.91 Å². The van der Waals surface area contributed by atoms with Crippen molar-refractivity contribution >= 4 is 5.91 Å². The van der Waals surface area contributed by atoms with Gasteiger partial charge in [0.25, 0.3) is 5.91 Å². The highest BCUT2D eigenvalue weighted by Gasteiger charge is 2.16. The fraction of sp³-hybridized carbons (Fsp3) is 0. The Kier molecular flexibility index (Phi) is 2.53. The predicted molar refractivity (Wildman–Crippen MR) is 64.8 cm³/mol. The Hall–Kier alpha value is -3.03. The Bertz CT molecular complexity index is 703. The summed E-state index contributed by atoms with van der Waals surface area (Å²) in [5.74, 6) is -0.549. The first kappa shape index (κ1) is 11.1. The van der Waals surface area contributed by atoms with Gasteiger partial charge in [-0.05, 0) is 12.1 Å². The molecule has 0 aliphatic heterocycles. The number of benzene rings is 1. The zero-order valence-electron chi connectivity index (χ0n) is 9.71. The molecule has 3 aromatic rings. The number of hydrogen-bond donors (Lipinski definition) is 1. The predicted octanol–water partition coefficient (Wildman–Crippen LogP) is -0.0531. The van der Waals surface area contributed by atoms with Crippen LogP contribution in [0.2, 0.25) is 0 Å². The Morgan fingerprint density at radius 2 is 1.74 bits per heavy atom. The molecule has 0 aliphatic rings. The van der Waals surface area contributed by atoms with Crippen molar-refractivity contribution in [2.24, 2.45) is 5.73 Å². The number of carbonyl (C=O) groups is 1. The average Bonchev–Trinajstić information content (AvgIpc) is 3.11. The SMILES string of the molecule is NC(=O)c1cccc(-n2ccnn2)c1-n1ccnn1. The van der Waals surface area contributed by atoms with Gasteiger partial charge in [0.15, 0.2) is 0 Å². The van der Waals surface area contributed by atoms with Gasteiger partial charge in [-0.1, -0.05) is 16.5 Å². The third-order valence-corrected chi connectivity index (χ3v) is 2.60. The van der Waals surface area contributed by atoms with E-state index in [9.17, 15) is 4.79 Å². The molecule has 1 aromatic carbocycles. The number of aromatic nitrogens is 6. The lowest BCUT2D eigenvalue weighted by Gasteiger charge is -2.11. The largest absolute Gasteiger partial charge is 0.366 e. The molecular formula is C11H9N7O. The molecule has 2 aromatic heterocycles. The summed E-state index contributed by atoms with van der Waals surface area (Å²) >= 11 is 0. The second-order valence-electron chi connectivity index (χ2n) is 3.73. The van der Waals surface area contributed by atoms with Gasteiger partial charge >= 0.3 is 0 Å². The van der Waals surface area contributed by atoms with E-state index in [-0.39, 0.29) is 0 Å². The molecule has 2 N–H and O–H groups in total. The Balaban J connectivity index is 2.31. The van der Waals surface area contributed by atoms with Crippen LogP contribution in [0.15, 0.2) is 43.0 Å². The molecule has 8 heteroatoms. The van der Waals surface area contributed by atoms with Gasteiger partial charge in [0.05, 0.1) is 36.0 Å². The molecule has 0 spiro atoms. The standard InChI is InChI=1S/C11H9N7O/c12-11(19)8-2-1-3-9(17-6-4-13-15-17)10(8)18-7-5-14-16-18/h1-7H,(H2,12,19). The zero-order chi connectivity index (χ0) is 13.2. The molecule has 0 atom stereocenters. The molecule has 0 saturated heterocycles. The van der Waals surface area contributed by atoms with E-state index in [4.69, 9.17) is 5.73 Å². The molecule has 0 saturated carbocycles. The first-order chi connectivity index (χ1) is 9.27. The molecule has 0 unspecified atom stereocenters. The molecule has 0 radical (unpaired) electrons. The minimum Gasteiger partial charge on any atom is -0.366 e. The zero-order valence-corrected chi connectivity index (χ0v) is 9.71. The fourth-order valence-corrected chi connectivity index (χ4v) is 1.82. The summed E-state index contributed by atoms with van der Waals surface area (Å²) in [6.07, 6.45) is 6.35. The van der Waals surface area contributed by atoms with E-state index in [1.54, 1.807) is 36.8 Å². The van der Waals surface area contributed by atoms with Gasteiger partial charge in [-0.15, -0.1) is 10.2 Å². The van der Waals surface area contributed by atoms with Crippen LogP contribution in [0.3, 0.4) is 0 Å². The Morgan fingerprint density at radius 1 is 1.05 bits per heavy atom. The van der Waals surface area contributed by atoms with Crippen molar-refractivity contribution in [1.82, 2.24) is 30.0 Å². The van der Waals surface area contributed by atoms with E-state index >= 15 is 0 Å². The smallest absolute Gasteiger partial charge is 0.250 e. The number of rotatable bonds is 3. The Labute approximate surface area is 107 Å². The fourth-order valence-electron chi connectivity index (χ4n) is 1.82. The lowest BCUT2D eigenvalue weighted by Crippen LogP contribution is -2.17. The summed E-state index contributed by atoms with van der Waals surface area (Å²) in [6.45, 7) is 0. The van der Waals surface area contributed by atoms with E-state index in [1.165, 1.54) is 15.6 Å². The third-order valence-electron chi connectivity index (χ3n) is 2.60. The van der Waals surface area contributed by atoms with E-state index in [0.29, 0.717) is 16.9 Å². The van der Waals surface area contributed by atoms with E-state index in [1.807, 2.05) is 0 Å². The van der Waals surface area contributed by atoms with Crippen LogP contribution in [0.4, 0.5) is 0 Å². The highest BCUT2D eigenvalue weighted by atomic mass is 16.1. The van der Waals surface area contributed by atoms with Gasteiger partial charge in [-0.25, -0.2) is 9.36 Å². The van der Waals surface area contributed by atoms with Crippen LogP contribution in [-0.2, 0) is 0 Å². The first-order valence-corrected chi connectivity index (χ1v) is 5.43. The third kappa shape index (κ3) is 1.84. The minimum atomic E-state index is -0.549. The van der Waals surface area contributed by atoms with Gasteiger partial charge in [-0.2, -0.15) is 0 Å². The van der Waals surface area contributed by atoms with Crippen LogP contribution in [0.25, 0.3) is 11.4 Å². The number of primary amides is 1. The molecule has 94 valence electrons. The van der Waals surface area contributed by atoms with E-state index in [2.05, 4.69) is 20.6 Å². The number of para-hydroxylation sites is 1. The van der Waals surface area contributed by atoms with Crippen molar-refractivity contribution in [3.63, 3.8) is 0 Å². The van der Waals surface area contributed by atoms with Crippen LogP contribution in [0.1, 0.15) is 10.4 Å². The summed E-state index contributed by atoms with van der Waals surface area (Å²) in [5, 5.41) is 15.3. The molecule has 3 rings (SSSR count). The minimum absolute atomic E-state index is 0.332. The molecule has 8 nitrogen and oxygen atoms in total. The molecule has 0 bridgehead atoms. The van der Waals surface area contributed by atoms with Crippen LogP contribution in [0, 0.1) is 0 Å². The lowest BCUT2D eigenvalue weighted by atomic mass is 10.1. The van der Waals surface area contributed by atoms with Gasteiger partial charge in [0.2, 0.25) is 0 Å². The van der Waals surface area contributed by atoms with Gasteiger partial charge in [0, 0.05) is 0 Å². The summed E-state index contributed by atoms with van der Waals surface area (Å²) in [4.78, 5) is 11.6. The van der Waals surface area contributed by atoms with E-state index in [0.717, 1.165) is 0 Å². The highest BCUT2D eigenvalue weighted by Crippen LogP contribution is 2.21. The van der Waals surface area contributed by atoms with Crippen LogP contribution < -0.4 is 5.73 Å². The summed E-state index contributed by atoms with van der Waals surface area (Å²) < 4.78 is 3.00. The van der Waals surface area contributed by atoms with Crippen molar-refractivity contribution < 1.29 is 4.79 Å². The van der Waals surface area contributed by atoms with Crippen molar-refractivity contribution in [1.29, 1.82) is 0 Å². The number of hydrogen-bond acceptors (Lipinski definition) is 5. The molecule has 2 heterocycles. The maximum Gasteiger partial charge on any atom is 0.250 e. The molecule has 1 amide bonds. The number of amides is 1. The van der Waals surface area contributed by atoms with Crippen LogP contribution in [0.5, 0.6) is 0 Å². The van der Waals surface area contributed by atoms with Gasteiger partial charge in [0.1, 0.15) is 5.69 Å². The summed E-state index contributed by atoms with van der Waals surface area (Å²) in [5.41, 5.74) is 6.88. The lowest BCUT2D eigenvalue weighted by molar-refractivity contribution is 0.1000. The molecular weight excluding hydrogens is 246 g/mol. The Morgan fingerprint density at radius 3 is 2.32 bits per heavy atom. The molecule has 0 fully saturated rings. The maximum absolute atomic E-state index is 11.6. The second-order valence-corrected chi connectivity index (χ2v) is 3.73.